The molecule has 0 aromatic rings. The summed E-state index contributed by atoms with van der Waals surface area (Å²) in [6.45, 7) is 2.24. The van der Waals surface area contributed by atoms with Crippen molar-refractivity contribution in [2.45, 2.75) is 0 Å². The molecule has 0 unspecified atom stereocenters. The van der Waals surface area contributed by atoms with Crippen molar-refractivity contribution in [2.75, 3.05) is 31.6 Å². The highest BCUT2D eigenvalue weighted by molar-refractivity contribution is 9.09. The molecule has 1 fully saturated rings. The van der Waals surface area contributed by atoms with Crippen LogP contribution in [0.5, 0.6) is 0 Å². The molecule has 0 atom stereocenters. The number of hydrogen-bond acceptors (Lipinski definition) is 3. The molecule has 1 amide bonds. The Morgan fingerprint density at radius 3 is 3.18 bits per heavy atom. The van der Waals surface area contributed by atoms with Crippen molar-refractivity contribution in [3.63, 3.8) is 0 Å². The number of carbonyl (C=O) groups excluding carboxylic acids is 1. The van der Waals surface area contributed by atoms with Gasteiger partial charge in [0.1, 0.15) is 6.61 Å². The molecule has 64 valence electrons. The van der Waals surface area contributed by atoms with Gasteiger partial charge in [-0.1, -0.05) is 15.9 Å². The van der Waals surface area contributed by atoms with Gasteiger partial charge < -0.3 is 4.74 Å². The molecule has 0 saturated carbocycles. The van der Waals surface area contributed by atoms with Gasteiger partial charge in [0.05, 0.1) is 13.2 Å². The third kappa shape index (κ3) is 2.76. The fraction of sp³-hybridized carbons (Fsp3) is 0.833. The number of carbonyl (C=O) groups is 1. The maximum Gasteiger partial charge on any atom is 0.262 e. The molecule has 1 N–H and O–H groups in total. The Hall–Kier alpha value is -0.130. The summed E-state index contributed by atoms with van der Waals surface area (Å²) in [6, 6.07) is 0. The average Bonchev–Trinajstić information content (AvgIpc) is 2.03. The van der Waals surface area contributed by atoms with Crippen molar-refractivity contribution in [1.82, 2.24) is 10.4 Å². The number of hydrazine groups is 1. The maximum atomic E-state index is 11.0. The Balaban J connectivity index is 2.24. The minimum Gasteiger partial charge on any atom is -0.370 e. The third-order valence-electron chi connectivity index (χ3n) is 1.38. The molecule has 0 radical (unpaired) electrons. The summed E-state index contributed by atoms with van der Waals surface area (Å²) >= 11 is 3.26. The molecule has 4 nitrogen and oxygen atoms in total. The first-order valence-electron chi connectivity index (χ1n) is 3.52. The van der Waals surface area contributed by atoms with Crippen molar-refractivity contribution in [2.24, 2.45) is 0 Å². The van der Waals surface area contributed by atoms with Crippen molar-refractivity contribution < 1.29 is 9.53 Å². The predicted molar refractivity (Wildman–Crippen MR) is 44.3 cm³/mol. The summed E-state index contributed by atoms with van der Waals surface area (Å²) in [7, 11) is 0. The van der Waals surface area contributed by atoms with E-state index in [2.05, 4.69) is 21.4 Å². The number of halogens is 1. The highest BCUT2D eigenvalue weighted by atomic mass is 79.9. The predicted octanol–water partition coefficient (Wildman–Crippen LogP) is -0.255. The monoisotopic (exact) mass is 222 g/mol. The van der Waals surface area contributed by atoms with E-state index >= 15 is 0 Å². The fourth-order valence-corrected chi connectivity index (χ4v) is 1.04. The highest BCUT2D eigenvalue weighted by Crippen LogP contribution is 1.94. The summed E-state index contributed by atoms with van der Waals surface area (Å²) < 4.78 is 4.95. The van der Waals surface area contributed by atoms with E-state index < -0.39 is 0 Å². The largest absolute Gasteiger partial charge is 0.370 e. The zero-order valence-corrected chi connectivity index (χ0v) is 7.76. The first-order valence-corrected chi connectivity index (χ1v) is 4.64. The SMILES string of the molecule is O=C1COCCN1NCCBr. The van der Waals surface area contributed by atoms with Gasteiger partial charge in [-0.25, -0.2) is 5.43 Å². The molecular weight excluding hydrogens is 212 g/mol. The van der Waals surface area contributed by atoms with Crippen LogP contribution in [-0.2, 0) is 9.53 Å². The Bertz CT molecular complexity index is 143. The topological polar surface area (TPSA) is 41.6 Å². The molecular formula is C6H11BrN2O2. The normalized spacial score (nSPS) is 19.0. The summed E-state index contributed by atoms with van der Waals surface area (Å²) in [5.41, 5.74) is 2.98. The van der Waals surface area contributed by atoms with E-state index in [1.807, 2.05) is 0 Å². The standard InChI is InChI=1S/C6H11BrN2O2/c7-1-2-8-9-3-4-11-5-6(9)10/h8H,1-5H2. The zero-order valence-electron chi connectivity index (χ0n) is 6.18. The van der Waals surface area contributed by atoms with Crippen molar-refractivity contribution in [3.05, 3.63) is 0 Å². The maximum absolute atomic E-state index is 11.0. The molecule has 1 aliphatic heterocycles. The number of nitrogens with one attached hydrogen (secondary N) is 1. The van der Waals surface area contributed by atoms with Crippen LogP contribution in [0.25, 0.3) is 0 Å². The number of rotatable bonds is 3. The molecule has 5 heteroatoms. The van der Waals surface area contributed by atoms with Crippen LogP contribution < -0.4 is 5.43 Å². The minimum atomic E-state index is 0.0113. The number of hydrogen-bond donors (Lipinski definition) is 1. The van der Waals surface area contributed by atoms with Gasteiger partial charge in [0.15, 0.2) is 0 Å². The molecule has 1 heterocycles. The highest BCUT2D eigenvalue weighted by Gasteiger charge is 2.16. The van der Waals surface area contributed by atoms with Crippen LogP contribution >= 0.6 is 15.9 Å². The lowest BCUT2D eigenvalue weighted by molar-refractivity contribution is -0.146. The van der Waals surface area contributed by atoms with Crippen molar-refractivity contribution in [3.8, 4) is 0 Å². The van der Waals surface area contributed by atoms with E-state index in [4.69, 9.17) is 4.74 Å². The minimum absolute atomic E-state index is 0.0113. The quantitative estimate of drug-likeness (QED) is 0.670. The molecule has 1 rings (SSSR count). The van der Waals surface area contributed by atoms with Gasteiger partial charge in [-0.2, -0.15) is 0 Å². The van der Waals surface area contributed by atoms with E-state index in [1.165, 1.54) is 0 Å². The Kier molecular flexibility index (Phi) is 3.82. The van der Waals surface area contributed by atoms with Gasteiger partial charge in [0.25, 0.3) is 5.91 Å². The first kappa shape index (κ1) is 8.96. The summed E-state index contributed by atoms with van der Waals surface area (Å²) in [5, 5.41) is 2.45. The van der Waals surface area contributed by atoms with Crippen LogP contribution in [0, 0.1) is 0 Å². The van der Waals surface area contributed by atoms with E-state index in [0.29, 0.717) is 13.2 Å². The second-order valence-electron chi connectivity index (χ2n) is 2.20. The number of alkyl halides is 1. The van der Waals surface area contributed by atoms with Gasteiger partial charge in [-0.3, -0.25) is 9.80 Å². The number of ether oxygens (including phenoxy) is 1. The molecule has 1 aliphatic rings. The van der Waals surface area contributed by atoms with Crippen LogP contribution in [0.15, 0.2) is 0 Å². The van der Waals surface area contributed by atoms with E-state index in [1.54, 1.807) is 5.01 Å². The Morgan fingerprint density at radius 2 is 2.55 bits per heavy atom. The summed E-state index contributed by atoms with van der Waals surface area (Å²) in [6.07, 6.45) is 0. The zero-order chi connectivity index (χ0) is 8.10. The van der Waals surface area contributed by atoms with Crippen LogP contribution in [0.4, 0.5) is 0 Å². The summed E-state index contributed by atoms with van der Waals surface area (Å²) in [4.78, 5) is 11.0. The lowest BCUT2D eigenvalue weighted by Crippen LogP contribution is -2.50. The second kappa shape index (κ2) is 4.69. The third-order valence-corrected chi connectivity index (χ3v) is 1.78. The smallest absolute Gasteiger partial charge is 0.262 e. The van der Waals surface area contributed by atoms with Gasteiger partial charge in [-0.05, 0) is 0 Å². The van der Waals surface area contributed by atoms with Crippen molar-refractivity contribution >= 4 is 21.8 Å². The molecule has 0 spiro atoms. The number of nitrogens with zero attached hydrogens (tertiary/aromatic N) is 1. The molecule has 1 saturated heterocycles. The summed E-state index contributed by atoms with van der Waals surface area (Å²) in [5.74, 6) is 0.0113. The van der Waals surface area contributed by atoms with Crippen LogP contribution in [-0.4, -0.2) is 42.5 Å². The molecule has 0 bridgehead atoms. The van der Waals surface area contributed by atoms with Gasteiger partial charge in [0, 0.05) is 11.9 Å². The molecule has 0 aromatic carbocycles. The van der Waals surface area contributed by atoms with Gasteiger partial charge >= 0.3 is 0 Å². The van der Waals surface area contributed by atoms with Gasteiger partial charge in [-0.15, -0.1) is 0 Å². The lowest BCUT2D eigenvalue weighted by Gasteiger charge is -2.26. The fourth-order valence-electron chi connectivity index (χ4n) is 0.862. The Labute approximate surface area is 74.0 Å². The number of amides is 1. The van der Waals surface area contributed by atoms with Crippen LogP contribution in [0.3, 0.4) is 0 Å². The lowest BCUT2D eigenvalue weighted by atomic mass is 10.5. The first-order chi connectivity index (χ1) is 5.34. The van der Waals surface area contributed by atoms with E-state index in [9.17, 15) is 4.79 Å². The molecule has 0 aromatic heterocycles. The average molecular weight is 223 g/mol. The van der Waals surface area contributed by atoms with Crippen LogP contribution in [0.2, 0.25) is 0 Å². The van der Waals surface area contributed by atoms with Gasteiger partial charge in [0.2, 0.25) is 0 Å². The number of morpholine rings is 1. The second-order valence-corrected chi connectivity index (χ2v) is 2.99. The van der Waals surface area contributed by atoms with Crippen LogP contribution in [0.1, 0.15) is 0 Å². The molecule has 11 heavy (non-hydrogen) atoms. The molecule has 0 aliphatic carbocycles. The van der Waals surface area contributed by atoms with E-state index in [-0.39, 0.29) is 12.5 Å². The van der Waals surface area contributed by atoms with Crippen molar-refractivity contribution in [1.29, 1.82) is 0 Å². The Morgan fingerprint density at radius 1 is 1.73 bits per heavy atom. The van der Waals surface area contributed by atoms with E-state index in [0.717, 1.165) is 11.9 Å².